The van der Waals surface area contributed by atoms with Crippen LogP contribution in [-0.4, -0.2) is 61.2 Å². The van der Waals surface area contributed by atoms with Crippen LogP contribution in [0.2, 0.25) is 5.02 Å². The highest BCUT2D eigenvalue weighted by atomic mass is 35.5. The summed E-state index contributed by atoms with van der Waals surface area (Å²) < 4.78 is 0. The molecule has 0 unspecified atom stereocenters. The van der Waals surface area contributed by atoms with Gasteiger partial charge >= 0.3 is 0 Å². The van der Waals surface area contributed by atoms with Gasteiger partial charge in [-0.3, -0.25) is 9.80 Å². The Balaban J connectivity index is 1.08. The first-order chi connectivity index (χ1) is 14.2. The molecular formula is C25H36ClN3. The van der Waals surface area contributed by atoms with Gasteiger partial charge in [0, 0.05) is 55.5 Å². The third kappa shape index (κ3) is 3.62. The third-order valence-corrected chi connectivity index (χ3v) is 9.27. The average Bonchev–Trinajstić information content (AvgIpc) is 2.73. The Bertz CT molecular complexity index is 701. The van der Waals surface area contributed by atoms with Crippen LogP contribution in [0.4, 0.5) is 5.69 Å². The highest BCUT2D eigenvalue weighted by Gasteiger charge is 2.50. The zero-order chi connectivity index (χ0) is 19.4. The van der Waals surface area contributed by atoms with E-state index in [1.807, 2.05) is 6.07 Å². The molecule has 1 atom stereocenters. The minimum Gasteiger partial charge on any atom is -0.369 e. The lowest BCUT2D eigenvalue weighted by atomic mass is 9.53. The molecule has 1 aromatic rings. The molecule has 1 aromatic carbocycles. The molecule has 2 aliphatic heterocycles. The molecule has 4 bridgehead atoms. The first kappa shape index (κ1) is 19.0. The lowest BCUT2D eigenvalue weighted by Crippen LogP contribution is -2.61. The monoisotopic (exact) mass is 413 g/mol. The van der Waals surface area contributed by atoms with Crippen LogP contribution in [0.1, 0.15) is 44.9 Å². The van der Waals surface area contributed by atoms with Crippen LogP contribution < -0.4 is 4.90 Å². The Hall–Kier alpha value is -0.770. The van der Waals surface area contributed by atoms with Crippen molar-refractivity contribution in [1.29, 1.82) is 0 Å². The summed E-state index contributed by atoms with van der Waals surface area (Å²) in [6.45, 7) is 7.37. The topological polar surface area (TPSA) is 9.72 Å². The number of benzene rings is 1. The molecule has 0 aromatic heterocycles. The molecule has 4 aliphatic carbocycles. The van der Waals surface area contributed by atoms with Gasteiger partial charge in [-0.25, -0.2) is 0 Å². The van der Waals surface area contributed by atoms with E-state index < -0.39 is 0 Å². The van der Waals surface area contributed by atoms with Gasteiger partial charge in [0.2, 0.25) is 0 Å². The summed E-state index contributed by atoms with van der Waals surface area (Å²) in [5, 5.41) is 0.850. The van der Waals surface area contributed by atoms with E-state index in [-0.39, 0.29) is 0 Å². The smallest absolute Gasteiger partial charge is 0.0426 e. The fourth-order valence-electron chi connectivity index (χ4n) is 8.06. The summed E-state index contributed by atoms with van der Waals surface area (Å²) >= 11 is 6.21. The summed E-state index contributed by atoms with van der Waals surface area (Å²) in [5.41, 5.74) is 1.29. The summed E-state index contributed by atoms with van der Waals surface area (Å²) in [6, 6.07) is 10.1. The lowest BCUT2D eigenvalue weighted by Gasteiger charge is -2.58. The van der Waals surface area contributed by atoms with Gasteiger partial charge in [-0.15, -0.1) is 0 Å². The number of hydrogen-bond acceptors (Lipinski definition) is 3. The van der Waals surface area contributed by atoms with Gasteiger partial charge in [0.25, 0.3) is 0 Å². The van der Waals surface area contributed by atoms with Gasteiger partial charge in [-0.2, -0.15) is 0 Å². The normalized spacial score (nSPS) is 40.5. The van der Waals surface area contributed by atoms with Crippen LogP contribution in [0.15, 0.2) is 24.3 Å². The van der Waals surface area contributed by atoms with Crippen molar-refractivity contribution in [2.45, 2.75) is 57.0 Å². The van der Waals surface area contributed by atoms with E-state index in [1.165, 1.54) is 44.7 Å². The van der Waals surface area contributed by atoms with Gasteiger partial charge in [0.15, 0.2) is 0 Å². The average molecular weight is 414 g/mol. The number of hydrogen-bond donors (Lipinski definition) is 0. The van der Waals surface area contributed by atoms with Crippen molar-refractivity contribution in [1.82, 2.24) is 9.80 Å². The molecule has 0 radical (unpaired) electrons. The maximum atomic E-state index is 6.21. The molecule has 7 rings (SSSR count). The zero-order valence-electron chi connectivity index (χ0n) is 17.7. The number of nitrogens with zero attached hydrogens (tertiary/aromatic N) is 3. The van der Waals surface area contributed by atoms with Gasteiger partial charge in [-0.1, -0.05) is 17.7 Å². The predicted octanol–water partition coefficient (Wildman–Crippen LogP) is 4.75. The Kier molecular flexibility index (Phi) is 5.05. The SMILES string of the molecule is Clc1cccc(N2CCN([C@@H]3CCCN(C4C5CC6CC(C5)CC4C6)C3)CC2)c1. The van der Waals surface area contributed by atoms with Crippen molar-refractivity contribution in [2.24, 2.45) is 23.7 Å². The van der Waals surface area contributed by atoms with E-state index >= 15 is 0 Å². The Morgan fingerprint density at radius 3 is 2.21 bits per heavy atom. The van der Waals surface area contributed by atoms with Crippen molar-refractivity contribution < 1.29 is 0 Å². The summed E-state index contributed by atoms with van der Waals surface area (Å²) in [4.78, 5) is 8.30. The van der Waals surface area contributed by atoms with Crippen molar-refractivity contribution in [3.8, 4) is 0 Å². The zero-order valence-corrected chi connectivity index (χ0v) is 18.4. The maximum absolute atomic E-state index is 6.21. The van der Waals surface area contributed by atoms with Crippen molar-refractivity contribution in [3.63, 3.8) is 0 Å². The van der Waals surface area contributed by atoms with Gasteiger partial charge in [-0.05, 0) is 93.4 Å². The summed E-state index contributed by atoms with van der Waals surface area (Å²) in [7, 11) is 0. The number of rotatable bonds is 3. The Morgan fingerprint density at radius 2 is 1.52 bits per heavy atom. The quantitative estimate of drug-likeness (QED) is 0.707. The van der Waals surface area contributed by atoms with E-state index in [0.717, 1.165) is 53.9 Å². The predicted molar refractivity (Wildman–Crippen MR) is 121 cm³/mol. The van der Waals surface area contributed by atoms with E-state index in [2.05, 4.69) is 32.9 Å². The Morgan fingerprint density at radius 1 is 0.793 bits per heavy atom. The summed E-state index contributed by atoms with van der Waals surface area (Å²) in [6.07, 6.45) is 10.6. The second kappa shape index (κ2) is 7.73. The van der Waals surface area contributed by atoms with Crippen LogP contribution in [-0.2, 0) is 0 Å². The van der Waals surface area contributed by atoms with Gasteiger partial charge in [0.1, 0.15) is 0 Å². The van der Waals surface area contributed by atoms with Crippen molar-refractivity contribution in [3.05, 3.63) is 29.3 Å². The molecule has 6 fully saturated rings. The van der Waals surface area contributed by atoms with Crippen molar-refractivity contribution >= 4 is 17.3 Å². The molecule has 6 aliphatic rings. The first-order valence-electron chi connectivity index (χ1n) is 12.2. The Labute approximate surface area is 181 Å². The number of piperidine rings is 1. The van der Waals surface area contributed by atoms with Crippen LogP contribution >= 0.6 is 11.6 Å². The first-order valence-corrected chi connectivity index (χ1v) is 12.6. The number of anilines is 1. The highest BCUT2D eigenvalue weighted by Crippen LogP contribution is 2.55. The summed E-state index contributed by atoms with van der Waals surface area (Å²) in [5.74, 6) is 4.25. The molecule has 29 heavy (non-hydrogen) atoms. The minimum absolute atomic E-state index is 0.780. The third-order valence-electron chi connectivity index (χ3n) is 9.03. The maximum Gasteiger partial charge on any atom is 0.0426 e. The van der Waals surface area contributed by atoms with Crippen LogP contribution in [0.5, 0.6) is 0 Å². The standard InChI is InChI=1S/C25H36ClN3/c26-22-3-1-4-23(16-22)27-7-9-28(10-8-27)24-5-2-6-29(17-24)25-20-12-18-11-19(14-20)15-21(25)13-18/h1,3-4,16,18-21,24-25H,2,5-15,17H2/t18?,19?,20?,21?,24-,25?/m1/s1. The molecule has 0 spiro atoms. The fraction of sp³-hybridized carbons (Fsp3) is 0.760. The molecule has 3 nitrogen and oxygen atoms in total. The molecule has 0 amide bonds. The number of piperazine rings is 1. The molecule has 0 N–H and O–H groups in total. The molecule has 4 heteroatoms. The fourth-order valence-corrected chi connectivity index (χ4v) is 8.25. The van der Waals surface area contributed by atoms with E-state index in [0.29, 0.717) is 0 Å². The minimum atomic E-state index is 0.780. The van der Waals surface area contributed by atoms with Gasteiger partial charge in [0.05, 0.1) is 0 Å². The number of likely N-dealkylation sites (tertiary alicyclic amines) is 1. The van der Waals surface area contributed by atoms with Crippen LogP contribution in [0.3, 0.4) is 0 Å². The highest BCUT2D eigenvalue weighted by molar-refractivity contribution is 6.30. The molecule has 4 saturated carbocycles. The largest absolute Gasteiger partial charge is 0.369 e. The molecule has 158 valence electrons. The van der Waals surface area contributed by atoms with Crippen molar-refractivity contribution in [2.75, 3.05) is 44.2 Å². The number of halogens is 1. The molecule has 2 heterocycles. The van der Waals surface area contributed by atoms with Gasteiger partial charge < -0.3 is 4.90 Å². The van der Waals surface area contributed by atoms with E-state index in [9.17, 15) is 0 Å². The second-order valence-corrected chi connectivity index (χ2v) is 11.2. The second-order valence-electron chi connectivity index (χ2n) is 10.7. The lowest BCUT2D eigenvalue weighted by molar-refractivity contribution is -0.0795. The van der Waals surface area contributed by atoms with Crippen LogP contribution in [0.25, 0.3) is 0 Å². The molecular weight excluding hydrogens is 378 g/mol. The molecule has 2 saturated heterocycles. The van der Waals surface area contributed by atoms with Crippen LogP contribution in [0, 0.1) is 23.7 Å². The van der Waals surface area contributed by atoms with E-state index in [4.69, 9.17) is 11.6 Å². The van der Waals surface area contributed by atoms with E-state index in [1.54, 1.807) is 32.1 Å².